The Kier molecular flexibility index (Phi) is 3.09. The van der Waals surface area contributed by atoms with Crippen LogP contribution in [0.5, 0.6) is 5.75 Å². The molecular formula is C10H15NO. The third-order valence-corrected chi connectivity index (χ3v) is 1.91. The molecule has 0 amide bonds. The molecule has 0 saturated carbocycles. The van der Waals surface area contributed by atoms with Gasteiger partial charge in [-0.3, -0.25) is 4.98 Å². The van der Waals surface area contributed by atoms with Gasteiger partial charge in [0.2, 0.25) is 0 Å². The van der Waals surface area contributed by atoms with E-state index in [1.807, 2.05) is 12.1 Å². The van der Waals surface area contributed by atoms with Crippen LogP contribution >= 0.6 is 0 Å². The molecule has 12 heavy (non-hydrogen) atoms. The molecular weight excluding hydrogens is 150 g/mol. The molecule has 1 heterocycles. The number of methoxy groups -OCH3 is 1. The van der Waals surface area contributed by atoms with Gasteiger partial charge in [0.05, 0.1) is 12.8 Å². The number of aryl methyl sites for hydroxylation is 2. The lowest BCUT2D eigenvalue weighted by molar-refractivity contribution is 0.407. The minimum Gasteiger partial charge on any atom is -0.495 e. The van der Waals surface area contributed by atoms with Crippen molar-refractivity contribution in [2.75, 3.05) is 7.11 Å². The molecule has 0 spiro atoms. The lowest BCUT2D eigenvalue weighted by Gasteiger charge is -2.06. The Balaban J connectivity index is 3.02. The average Bonchev–Trinajstić information content (AvgIpc) is 2.16. The van der Waals surface area contributed by atoms with Crippen molar-refractivity contribution < 1.29 is 4.74 Å². The molecule has 0 saturated heterocycles. The van der Waals surface area contributed by atoms with Crippen molar-refractivity contribution in [1.29, 1.82) is 0 Å². The molecule has 0 aliphatic heterocycles. The molecule has 0 aliphatic rings. The Morgan fingerprint density at radius 1 is 1.25 bits per heavy atom. The van der Waals surface area contributed by atoms with Gasteiger partial charge < -0.3 is 4.74 Å². The zero-order chi connectivity index (χ0) is 8.97. The van der Waals surface area contributed by atoms with Crippen molar-refractivity contribution >= 4 is 0 Å². The molecule has 0 N–H and O–H groups in total. The van der Waals surface area contributed by atoms with Gasteiger partial charge in [0.25, 0.3) is 0 Å². The molecule has 0 unspecified atom stereocenters. The fraction of sp³-hybridized carbons (Fsp3) is 0.500. The van der Waals surface area contributed by atoms with Crippen LogP contribution < -0.4 is 4.74 Å². The van der Waals surface area contributed by atoms with Gasteiger partial charge in [-0.05, 0) is 25.0 Å². The number of aromatic nitrogens is 1. The minimum atomic E-state index is 0.898. The first-order valence-corrected chi connectivity index (χ1v) is 4.34. The number of rotatable bonds is 3. The lowest BCUT2D eigenvalue weighted by Crippen LogP contribution is -1.97. The van der Waals surface area contributed by atoms with E-state index in [9.17, 15) is 0 Å². The first-order chi connectivity index (χ1) is 5.81. The van der Waals surface area contributed by atoms with E-state index in [2.05, 4.69) is 18.8 Å². The molecule has 0 aliphatic carbocycles. The van der Waals surface area contributed by atoms with Crippen LogP contribution in [-0.4, -0.2) is 12.1 Å². The van der Waals surface area contributed by atoms with Crippen LogP contribution in [0, 0.1) is 0 Å². The summed E-state index contributed by atoms with van der Waals surface area (Å²) in [7, 11) is 1.68. The summed E-state index contributed by atoms with van der Waals surface area (Å²) in [5, 5.41) is 0. The third-order valence-electron chi connectivity index (χ3n) is 1.91. The quantitative estimate of drug-likeness (QED) is 0.685. The minimum absolute atomic E-state index is 0.898. The Bertz CT molecular complexity index is 258. The van der Waals surface area contributed by atoms with Gasteiger partial charge >= 0.3 is 0 Å². The summed E-state index contributed by atoms with van der Waals surface area (Å²) in [6.45, 7) is 4.19. The molecule has 0 atom stereocenters. The van der Waals surface area contributed by atoms with Crippen LogP contribution in [0.25, 0.3) is 0 Å². The predicted molar refractivity (Wildman–Crippen MR) is 49.5 cm³/mol. The standard InChI is InChI=1S/C10H15NO/c1-4-8-6-7-10(12-3)9(5-2)11-8/h6-7H,4-5H2,1-3H3. The summed E-state index contributed by atoms with van der Waals surface area (Å²) >= 11 is 0. The number of hydrogen-bond donors (Lipinski definition) is 0. The second-order valence-corrected chi connectivity index (χ2v) is 2.66. The Labute approximate surface area is 73.6 Å². The first-order valence-electron chi connectivity index (χ1n) is 4.34. The highest BCUT2D eigenvalue weighted by molar-refractivity contribution is 5.29. The normalized spacial score (nSPS) is 9.92. The highest BCUT2D eigenvalue weighted by Crippen LogP contribution is 2.16. The van der Waals surface area contributed by atoms with E-state index in [1.165, 1.54) is 0 Å². The maximum absolute atomic E-state index is 5.17. The highest BCUT2D eigenvalue weighted by atomic mass is 16.5. The van der Waals surface area contributed by atoms with Gasteiger partial charge in [0.1, 0.15) is 5.75 Å². The molecule has 1 aromatic heterocycles. The number of ether oxygens (including phenoxy) is 1. The van der Waals surface area contributed by atoms with E-state index in [0.717, 1.165) is 30.0 Å². The van der Waals surface area contributed by atoms with Crippen molar-refractivity contribution in [3.63, 3.8) is 0 Å². The van der Waals surface area contributed by atoms with Crippen molar-refractivity contribution in [2.24, 2.45) is 0 Å². The van der Waals surface area contributed by atoms with Gasteiger partial charge in [-0.1, -0.05) is 13.8 Å². The van der Waals surface area contributed by atoms with Crippen LogP contribution in [0.1, 0.15) is 25.2 Å². The summed E-state index contributed by atoms with van der Waals surface area (Å²) in [6.07, 6.45) is 1.91. The molecule has 2 heteroatoms. The Morgan fingerprint density at radius 3 is 2.50 bits per heavy atom. The maximum atomic E-state index is 5.17. The van der Waals surface area contributed by atoms with E-state index < -0.39 is 0 Å². The Morgan fingerprint density at radius 2 is 2.00 bits per heavy atom. The van der Waals surface area contributed by atoms with Crippen LogP contribution in [0.4, 0.5) is 0 Å². The largest absolute Gasteiger partial charge is 0.495 e. The molecule has 1 rings (SSSR count). The summed E-state index contributed by atoms with van der Waals surface area (Å²) < 4.78 is 5.17. The highest BCUT2D eigenvalue weighted by Gasteiger charge is 2.02. The number of hydrogen-bond acceptors (Lipinski definition) is 2. The molecule has 1 aromatic rings. The van der Waals surface area contributed by atoms with E-state index in [1.54, 1.807) is 7.11 Å². The van der Waals surface area contributed by atoms with Crippen LogP contribution in [0.2, 0.25) is 0 Å². The molecule has 2 nitrogen and oxygen atoms in total. The van der Waals surface area contributed by atoms with Gasteiger partial charge in [-0.25, -0.2) is 0 Å². The summed E-state index contributed by atoms with van der Waals surface area (Å²) in [6, 6.07) is 4.00. The van der Waals surface area contributed by atoms with E-state index >= 15 is 0 Å². The van der Waals surface area contributed by atoms with Gasteiger partial charge in [-0.2, -0.15) is 0 Å². The molecule has 66 valence electrons. The van der Waals surface area contributed by atoms with Crippen LogP contribution in [0.3, 0.4) is 0 Å². The van der Waals surface area contributed by atoms with Crippen LogP contribution in [-0.2, 0) is 12.8 Å². The van der Waals surface area contributed by atoms with Crippen molar-refractivity contribution in [2.45, 2.75) is 26.7 Å². The molecule has 0 fully saturated rings. The fourth-order valence-electron chi connectivity index (χ4n) is 1.17. The van der Waals surface area contributed by atoms with Gasteiger partial charge in [0.15, 0.2) is 0 Å². The zero-order valence-corrected chi connectivity index (χ0v) is 7.92. The van der Waals surface area contributed by atoms with E-state index in [4.69, 9.17) is 4.74 Å². The van der Waals surface area contributed by atoms with Gasteiger partial charge in [-0.15, -0.1) is 0 Å². The average molecular weight is 165 g/mol. The second-order valence-electron chi connectivity index (χ2n) is 2.66. The van der Waals surface area contributed by atoms with Crippen molar-refractivity contribution in [1.82, 2.24) is 4.98 Å². The molecule has 0 aromatic carbocycles. The topological polar surface area (TPSA) is 22.1 Å². The fourth-order valence-corrected chi connectivity index (χ4v) is 1.17. The first kappa shape index (κ1) is 9.04. The zero-order valence-electron chi connectivity index (χ0n) is 7.92. The number of nitrogens with zero attached hydrogens (tertiary/aromatic N) is 1. The summed E-state index contributed by atoms with van der Waals surface area (Å²) in [5.41, 5.74) is 2.18. The van der Waals surface area contributed by atoms with E-state index in [-0.39, 0.29) is 0 Å². The predicted octanol–water partition coefficient (Wildman–Crippen LogP) is 2.21. The third kappa shape index (κ3) is 1.76. The second kappa shape index (κ2) is 4.10. The lowest BCUT2D eigenvalue weighted by atomic mass is 10.2. The van der Waals surface area contributed by atoms with Crippen molar-refractivity contribution in [3.8, 4) is 5.75 Å². The summed E-state index contributed by atoms with van der Waals surface area (Å²) in [5.74, 6) is 0.898. The summed E-state index contributed by atoms with van der Waals surface area (Å²) in [4.78, 5) is 4.46. The molecule has 0 radical (unpaired) electrons. The molecule has 0 bridgehead atoms. The van der Waals surface area contributed by atoms with Gasteiger partial charge in [0, 0.05) is 5.69 Å². The Hall–Kier alpha value is -1.05. The smallest absolute Gasteiger partial charge is 0.140 e. The van der Waals surface area contributed by atoms with Crippen molar-refractivity contribution in [3.05, 3.63) is 23.5 Å². The van der Waals surface area contributed by atoms with E-state index in [0.29, 0.717) is 0 Å². The SMILES string of the molecule is CCc1ccc(OC)c(CC)n1. The number of pyridine rings is 1. The maximum Gasteiger partial charge on any atom is 0.140 e. The van der Waals surface area contributed by atoms with Crippen LogP contribution in [0.15, 0.2) is 12.1 Å². The monoisotopic (exact) mass is 165 g/mol.